The highest BCUT2D eigenvalue weighted by atomic mass is 19.4. The zero-order valence-electron chi connectivity index (χ0n) is 22.4. The van der Waals surface area contributed by atoms with Crippen LogP contribution < -0.4 is 0 Å². The molecule has 43 heavy (non-hydrogen) atoms. The molecule has 0 saturated heterocycles. The quantitative estimate of drug-likeness (QED) is 0.171. The highest BCUT2D eigenvalue weighted by Crippen LogP contribution is 2.35. The molecule has 0 atom stereocenters. The van der Waals surface area contributed by atoms with Crippen molar-refractivity contribution in [1.82, 2.24) is 0 Å². The van der Waals surface area contributed by atoms with E-state index >= 15 is 4.39 Å². The van der Waals surface area contributed by atoms with Gasteiger partial charge in [0.05, 0.1) is 0 Å². The van der Waals surface area contributed by atoms with E-state index in [0.717, 1.165) is 18.2 Å². The number of hydrogen-bond donors (Lipinski definition) is 0. The Labute approximate surface area is 240 Å². The molecule has 4 aromatic carbocycles. The lowest BCUT2D eigenvalue weighted by molar-refractivity contribution is -0.142. The summed E-state index contributed by atoms with van der Waals surface area (Å²) < 4.78 is 144. The van der Waals surface area contributed by atoms with Gasteiger partial charge in [0.1, 0.15) is 41.3 Å². The first kappa shape index (κ1) is 31.8. The number of rotatable bonds is 9. The van der Waals surface area contributed by atoms with Crippen LogP contribution in [0.5, 0.6) is 0 Å². The predicted molar refractivity (Wildman–Crippen MR) is 142 cm³/mol. The van der Waals surface area contributed by atoms with Crippen molar-refractivity contribution in [3.63, 3.8) is 0 Å². The minimum atomic E-state index is -5.25. The minimum absolute atomic E-state index is 0.0438. The molecule has 0 radical (unpaired) electrons. The number of halogens is 10. The van der Waals surface area contributed by atoms with E-state index in [1.54, 1.807) is 6.92 Å². The molecule has 0 unspecified atom stereocenters. The molecule has 0 aliphatic heterocycles. The standard InChI is InChI=1S/C32H22F10O/c1-2-43-16-29(38)31(39)19-6-4-18(5-7-19)20-8-10-22(24(33)13-20)21-14-25(34)23(26(35)15-21)9-3-17-11-27(36)30(28(37)12-17)32(40,41)42/h4-8,10-15H,2-3,9,16H2,1H3. The lowest BCUT2D eigenvalue weighted by atomic mass is 9.96. The Morgan fingerprint density at radius 1 is 0.651 bits per heavy atom. The molecule has 0 heterocycles. The van der Waals surface area contributed by atoms with Crippen LogP contribution in [-0.2, 0) is 23.8 Å². The fourth-order valence-electron chi connectivity index (χ4n) is 4.46. The maximum absolute atomic E-state index is 15.1. The van der Waals surface area contributed by atoms with E-state index in [4.69, 9.17) is 4.74 Å². The van der Waals surface area contributed by atoms with E-state index < -0.39 is 71.1 Å². The van der Waals surface area contributed by atoms with Crippen molar-refractivity contribution < 1.29 is 48.6 Å². The number of alkyl halides is 3. The van der Waals surface area contributed by atoms with Gasteiger partial charge < -0.3 is 4.74 Å². The minimum Gasteiger partial charge on any atom is -0.375 e. The molecule has 0 N–H and O–H groups in total. The Morgan fingerprint density at radius 3 is 1.74 bits per heavy atom. The molecule has 0 bridgehead atoms. The normalized spacial score (nSPS) is 12.4. The maximum atomic E-state index is 15.1. The fraction of sp³-hybridized carbons (Fsp3) is 0.188. The molecule has 0 fully saturated rings. The summed E-state index contributed by atoms with van der Waals surface area (Å²) in [6.07, 6.45) is -6.06. The maximum Gasteiger partial charge on any atom is 0.422 e. The van der Waals surface area contributed by atoms with Gasteiger partial charge in [-0.05, 0) is 72.4 Å². The van der Waals surface area contributed by atoms with E-state index in [1.165, 1.54) is 36.4 Å². The van der Waals surface area contributed by atoms with Crippen molar-refractivity contribution in [2.75, 3.05) is 13.2 Å². The molecule has 0 aliphatic carbocycles. The van der Waals surface area contributed by atoms with Gasteiger partial charge in [-0.1, -0.05) is 36.4 Å². The first-order chi connectivity index (χ1) is 20.3. The van der Waals surface area contributed by atoms with Gasteiger partial charge in [-0.15, -0.1) is 0 Å². The molecule has 0 spiro atoms. The Hall–Kier alpha value is -4.12. The topological polar surface area (TPSA) is 9.23 Å². The molecule has 4 aromatic rings. The lowest BCUT2D eigenvalue weighted by Crippen LogP contribution is -2.12. The molecule has 0 aromatic heterocycles. The van der Waals surface area contributed by atoms with E-state index in [9.17, 15) is 39.5 Å². The average molecular weight is 613 g/mol. The van der Waals surface area contributed by atoms with Crippen molar-refractivity contribution in [3.8, 4) is 22.3 Å². The molecule has 0 amide bonds. The third kappa shape index (κ3) is 7.27. The van der Waals surface area contributed by atoms with E-state index in [1.807, 2.05) is 0 Å². The van der Waals surface area contributed by atoms with Crippen LogP contribution in [0.15, 0.2) is 72.6 Å². The Kier molecular flexibility index (Phi) is 9.64. The molecule has 0 aliphatic rings. The van der Waals surface area contributed by atoms with Crippen molar-refractivity contribution in [2.45, 2.75) is 25.9 Å². The smallest absolute Gasteiger partial charge is 0.375 e. The van der Waals surface area contributed by atoms with Crippen LogP contribution >= 0.6 is 0 Å². The summed E-state index contributed by atoms with van der Waals surface area (Å²) in [5.41, 5.74) is -2.34. The summed E-state index contributed by atoms with van der Waals surface area (Å²) in [5.74, 6) is -8.86. The van der Waals surface area contributed by atoms with Crippen LogP contribution in [-0.4, -0.2) is 13.2 Å². The third-order valence-corrected chi connectivity index (χ3v) is 6.61. The van der Waals surface area contributed by atoms with Gasteiger partial charge in [0.2, 0.25) is 0 Å². The molecule has 226 valence electrons. The monoisotopic (exact) mass is 612 g/mol. The summed E-state index contributed by atoms with van der Waals surface area (Å²) in [6.45, 7) is 1.33. The van der Waals surface area contributed by atoms with Crippen LogP contribution in [0.1, 0.15) is 29.2 Å². The first-order valence-electron chi connectivity index (χ1n) is 12.9. The highest BCUT2D eigenvalue weighted by molar-refractivity contribution is 5.73. The third-order valence-electron chi connectivity index (χ3n) is 6.61. The highest BCUT2D eigenvalue weighted by Gasteiger charge is 2.37. The second-order valence-electron chi connectivity index (χ2n) is 9.48. The summed E-state index contributed by atoms with van der Waals surface area (Å²) in [6, 6.07) is 12.0. The lowest BCUT2D eigenvalue weighted by Gasteiger charge is -2.12. The van der Waals surface area contributed by atoms with Gasteiger partial charge in [-0.2, -0.15) is 13.2 Å². The van der Waals surface area contributed by atoms with E-state index in [-0.39, 0.29) is 35.3 Å². The summed E-state index contributed by atoms with van der Waals surface area (Å²) in [4.78, 5) is 0. The van der Waals surface area contributed by atoms with Crippen molar-refractivity contribution >= 4 is 5.83 Å². The number of ether oxygens (including phenoxy) is 1. The summed E-state index contributed by atoms with van der Waals surface area (Å²) >= 11 is 0. The van der Waals surface area contributed by atoms with Crippen LogP contribution in [0, 0.1) is 29.1 Å². The van der Waals surface area contributed by atoms with Crippen LogP contribution in [0.25, 0.3) is 28.1 Å². The SMILES string of the molecule is CCOCC(F)=C(F)c1ccc(-c2ccc(-c3cc(F)c(CCc4cc(F)c(C(F)(F)F)c(F)c4)c(F)c3)c(F)c2)cc1. The van der Waals surface area contributed by atoms with Gasteiger partial charge in [0, 0.05) is 23.3 Å². The molecule has 4 rings (SSSR count). The number of aryl methyl sites for hydroxylation is 1. The van der Waals surface area contributed by atoms with Gasteiger partial charge in [-0.25, -0.2) is 30.7 Å². The van der Waals surface area contributed by atoms with Crippen molar-refractivity contribution in [2.24, 2.45) is 0 Å². The van der Waals surface area contributed by atoms with Crippen LogP contribution in [0.2, 0.25) is 0 Å². The Morgan fingerprint density at radius 2 is 1.21 bits per heavy atom. The van der Waals surface area contributed by atoms with Gasteiger partial charge >= 0.3 is 6.18 Å². The second kappa shape index (κ2) is 13.0. The zero-order chi connectivity index (χ0) is 31.5. The second-order valence-corrected chi connectivity index (χ2v) is 9.48. The molecular weight excluding hydrogens is 590 g/mol. The molecule has 0 saturated carbocycles. The van der Waals surface area contributed by atoms with Crippen LogP contribution in [0.4, 0.5) is 43.9 Å². The molecule has 1 nitrogen and oxygen atoms in total. The van der Waals surface area contributed by atoms with Crippen molar-refractivity contribution in [3.05, 3.63) is 124 Å². The molecular formula is C32H22F10O. The Bertz CT molecular complexity index is 1610. The first-order valence-corrected chi connectivity index (χ1v) is 12.9. The Balaban J connectivity index is 1.52. The van der Waals surface area contributed by atoms with Gasteiger partial charge in [0.15, 0.2) is 11.7 Å². The van der Waals surface area contributed by atoms with Gasteiger partial charge in [0.25, 0.3) is 0 Å². The van der Waals surface area contributed by atoms with Gasteiger partial charge in [-0.3, -0.25) is 0 Å². The predicted octanol–water partition coefficient (Wildman–Crippen LogP) is 10.2. The van der Waals surface area contributed by atoms with Crippen LogP contribution in [0.3, 0.4) is 0 Å². The summed E-state index contributed by atoms with van der Waals surface area (Å²) in [7, 11) is 0. The number of benzene rings is 4. The summed E-state index contributed by atoms with van der Waals surface area (Å²) in [5, 5.41) is 0. The fourth-order valence-corrected chi connectivity index (χ4v) is 4.46. The van der Waals surface area contributed by atoms with Crippen molar-refractivity contribution in [1.29, 1.82) is 0 Å². The largest absolute Gasteiger partial charge is 0.422 e. The average Bonchev–Trinajstić information content (AvgIpc) is 2.94. The van der Waals surface area contributed by atoms with E-state index in [0.29, 0.717) is 23.3 Å². The zero-order valence-corrected chi connectivity index (χ0v) is 22.4. The number of hydrogen-bond acceptors (Lipinski definition) is 1. The molecule has 11 heteroatoms. The van der Waals surface area contributed by atoms with E-state index in [2.05, 4.69) is 0 Å².